The largest absolute Gasteiger partial charge is 0.477 e. The predicted molar refractivity (Wildman–Crippen MR) is 71.2 cm³/mol. The molecule has 0 spiro atoms. The molecule has 1 aromatic heterocycles. The normalized spacial score (nSPS) is 11.8. The average Bonchev–Trinajstić information content (AvgIpc) is 2.36. The topological polar surface area (TPSA) is 96.4 Å². The Labute approximate surface area is 113 Å². The van der Waals surface area contributed by atoms with Gasteiger partial charge in [0.25, 0.3) is 0 Å². The van der Waals surface area contributed by atoms with Crippen LogP contribution in [-0.2, 0) is 21.3 Å². The lowest BCUT2D eigenvalue weighted by atomic mass is 10.3. The molecule has 0 aromatic carbocycles. The summed E-state index contributed by atoms with van der Waals surface area (Å²) < 4.78 is 11.7. The molecule has 0 aliphatic rings. The number of rotatable bonds is 7. The Bertz CT molecular complexity index is 490. The number of carboxylic acid groups (broad SMARTS) is 1. The highest BCUT2D eigenvalue weighted by atomic mass is 32.2. The van der Waals surface area contributed by atoms with Crippen LogP contribution in [0.2, 0.25) is 0 Å². The third-order valence-electron chi connectivity index (χ3n) is 2.20. The van der Waals surface area contributed by atoms with Crippen LogP contribution in [0.1, 0.15) is 29.5 Å². The van der Waals surface area contributed by atoms with Gasteiger partial charge in [0.2, 0.25) is 5.91 Å². The van der Waals surface area contributed by atoms with Gasteiger partial charge < -0.3 is 10.4 Å². The Morgan fingerprint density at radius 2 is 2.16 bits per heavy atom. The summed E-state index contributed by atoms with van der Waals surface area (Å²) in [5, 5.41) is 11.4. The molecule has 1 aromatic rings. The zero-order valence-corrected chi connectivity index (χ0v) is 11.4. The molecule has 0 radical (unpaired) electrons. The van der Waals surface area contributed by atoms with Crippen LogP contribution in [0.5, 0.6) is 0 Å². The van der Waals surface area contributed by atoms with E-state index in [-0.39, 0.29) is 23.1 Å². The van der Waals surface area contributed by atoms with E-state index in [0.29, 0.717) is 12.2 Å². The first-order chi connectivity index (χ1) is 9.02. The number of carbonyl (C=O) groups is 2. The molecule has 19 heavy (non-hydrogen) atoms. The van der Waals surface area contributed by atoms with Crippen molar-refractivity contribution >= 4 is 22.7 Å². The second-order valence-electron chi connectivity index (χ2n) is 3.90. The van der Waals surface area contributed by atoms with E-state index in [2.05, 4.69) is 10.3 Å². The second kappa shape index (κ2) is 7.63. The molecule has 0 bridgehead atoms. The maximum Gasteiger partial charge on any atom is 0.354 e. The summed E-state index contributed by atoms with van der Waals surface area (Å²) in [6, 6.07) is 4.50. The summed E-state index contributed by atoms with van der Waals surface area (Å²) in [6.45, 7) is 2.49. The van der Waals surface area contributed by atoms with Gasteiger partial charge in [-0.3, -0.25) is 9.00 Å². The quantitative estimate of drug-likeness (QED) is 0.762. The van der Waals surface area contributed by atoms with E-state index in [1.54, 1.807) is 12.1 Å². The van der Waals surface area contributed by atoms with Crippen molar-refractivity contribution in [2.75, 3.05) is 12.3 Å². The number of aromatic nitrogens is 1. The van der Waals surface area contributed by atoms with E-state index in [1.807, 2.05) is 6.92 Å². The maximum absolute atomic E-state index is 11.7. The number of nitrogens with one attached hydrogen (secondary N) is 1. The van der Waals surface area contributed by atoms with Crippen molar-refractivity contribution < 1.29 is 18.9 Å². The molecule has 0 saturated carbocycles. The van der Waals surface area contributed by atoms with Gasteiger partial charge in [-0.1, -0.05) is 13.0 Å². The van der Waals surface area contributed by atoms with Crippen molar-refractivity contribution in [3.63, 3.8) is 0 Å². The summed E-state index contributed by atoms with van der Waals surface area (Å²) in [4.78, 5) is 25.9. The van der Waals surface area contributed by atoms with Gasteiger partial charge in [0.1, 0.15) is 11.4 Å². The highest BCUT2D eigenvalue weighted by Gasteiger charge is 2.11. The van der Waals surface area contributed by atoms with E-state index in [9.17, 15) is 13.8 Å². The lowest BCUT2D eigenvalue weighted by Gasteiger charge is -2.04. The van der Waals surface area contributed by atoms with Crippen molar-refractivity contribution in [2.24, 2.45) is 0 Å². The Balaban J connectivity index is 2.55. The Morgan fingerprint density at radius 1 is 1.42 bits per heavy atom. The number of carbonyl (C=O) groups excluding carboxylic acids is 1. The zero-order chi connectivity index (χ0) is 14.3. The summed E-state index contributed by atoms with van der Waals surface area (Å²) >= 11 is 0. The SMILES string of the molecule is CCCNC(=O)CS(=O)Cc1cccc(C(=O)O)n1. The summed E-state index contributed by atoms with van der Waals surface area (Å²) in [6.07, 6.45) is 0.820. The van der Waals surface area contributed by atoms with Crippen LogP contribution in [0.4, 0.5) is 0 Å². The molecule has 1 amide bonds. The number of hydrogen-bond donors (Lipinski definition) is 2. The lowest BCUT2D eigenvalue weighted by Crippen LogP contribution is -2.29. The first kappa shape index (κ1) is 15.3. The third-order valence-corrected chi connectivity index (χ3v) is 3.40. The van der Waals surface area contributed by atoms with Gasteiger partial charge in [-0.25, -0.2) is 9.78 Å². The first-order valence-corrected chi connectivity index (χ1v) is 7.32. The second-order valence-corrected chi connectivity index (χ2v) is 5.35. The minimum Gasteiger partial charge on any atom is -0.477 e. The van der Waals surface area contributed by atoms with Crippen molar-refractivity contribution in [1.29, 1.82) is 0 Å². The molecule has 7 heteroatoms. The van der Waals surface area contributed by atoms with Crippen LogP contribution in [0.3, 0.4) is 0 Å². The van der Waals surface area contributed by atoms with Crippen molar-refractivity contribution in [3.05, 3.63) is 29.6 Å². The predicted octanol–water partition coefficient (Wildman–Crippen LogP) is 0.555. The number of pyridine rings is 1. The molecule has 0 aliphatic heterocycles. The molecule has 1 atom stereocenters. The minimum atomic E-state index is -1.39. The van der Waals surface area contributed by atoms with Crippen molar-refractivity contribution in [1.82, 2.24) is 10.3 Å². The van der Waals surface area contributed by atoms with E-state index < -0.39 is 16.8 Å². The Morgan fingerprint density at radius 3 is 2.79 bits per heavy atom. The fraction of sp³-hybridized carbons (Fsp3) is 0.417. The molecule has 0 aliphatic carbocycles. The molecule has 6 nitrogen and oxygen atoms in total. The zero-order valence-electron chi connectivity index (χ0n) is 10.6. The molecule has 0 fully saturated rings. The van der Waals surface area contributed by atoms with Crippen LogP contribution >= 0.6 is 0 Å². The average molecular weight is 284 g/mol. The lowest BCUT2D eigenvalue weighted by molar-refractivity contribution is -0.118. The highest BCUT2D eigenvalue weighted by Crippen LogP contribution is 2.03. The van der Waals surface area contributed by atoms with Crippen LogP contribution in [-0.4, -0.2) is 38.5 Å². The summed E-state index contributed by atoms with van der Waals surface area (Å²) in [5.41, 5.74) is 0.312. The van der Waals surface area contributed by atoms with Crippen molar-refractivity contribution in [3.8, 4) is 0 Å². The molecule has 0 saturated heterocycles. The standard InChI is InChI=1S/C12H16N2O4S/c1-2-6-13-11(15)8-19(18)7-9-4-3-5-10(14-9)12(16)17/h3-5H,2,6-8H2,1H3,(H,13,15)(H,16,17). The summed E-state index contributed by atoms with van der Waals surface area (Å²) in [5.74, 6) is -1.43. The minimum absolute atomic E-state index is 0.0701. The molecular formula is C12H16N2O4S. The van der Waals surface area contributed by atoms with Gasteiger partial charge in [-0.15, -0.1) is 0 Å². The number of amides is 1. The van der Waals surface area contributed by atoms with Gasteiger partial charge in [0, 0.05) is 17.3 Å². The fourth-order valence-electron chi connectivity index (χ4n) is 1.36. The molecule has 1 rings (SSSR count). The van der Waals surface area contributed by atoms with E-state index >= 15 is 0 Å². The Hall–Kier alpha value is -1.76. The van der Waals surface area contributed by atoms with E-state index in [1.165, 1.54) is 6.07 Å². The molecular weight excluding hydrogens is 268 g/mol. The van der Waals surface area contributed by atoms with Crippen LogP contribution in [0.25, 0.3) is 0 Å². The van der Waals surface area contributed by atoms with Crippen LogP contribution in [0, 0.1) is 0 Å². The molecule has 1 unspecified atom stereocenters. The monoisotopic (exact) mass is 284 g/mol. The van der Waals surface area contributed by atoms with Gasteiger partial charge in [0.15, 0.2) is 0 Å². The fourth-order valence-corrected chi connectivity index (χ4v) is 2.34. The molecule has 2 N–H and O–H groups in total. The van der Waals surface area contributed by atoms with Gasteiger partial charge in [0.05, 0.1) is 11.4 Å². The molecule has 1 heterocycles. The highest BCUT2D eigenvalue weighted by molar-refractivity contribution is 7.84. The molecule has 104 valence electrons. The van der Waals surface area contributed by atoms with Gasteiger partial charge in [-0.2, -0.15) is 0 Å². The van der Waals surface area contributed by atoms with E-state index in [0.717, 1.165) is 6.42 Å². The van der Waals surface area contributed by atoms with E-state index in [4.69, 9.17) is 5.11 Å². The van der Waals surface area contributed by atoms with Crippen LogP contribution < -0.4 is 5.32 Å². The smallest absolute Gasteiger partial charge is 0.354 e. The van der Waals surface area contributed by atoms with Crippen LogP contribution in [0.15, 0.2) is 18.2 Å². The van der Waals surface area contributed by atoms with Gasteiger partial charge >= 0.3 is 5.97 Å². The van der Waals surface area contributed by atoms with Crippen molar-refractivity contribution in [2.45, 2.75) is 19.1 Å². The first-order valence-electron chi connectivity index (χ1n) is 5.83. The maximum atomic E-state index is 11.7. The number of carboxylic acids is 1. The van der Waals surface area contributed by atoms with Gasteiger partial charge in [-0.05, 0) is 18.6 Å². The number of hydrogen-bond acceptors (Lipinski definition) is 4. The number of aromatic carboxylic acids is 1. The summed E-state index contributed by atoms with van der Waals surface area (Å²) in [7, 11) is -1.39. The third kappa shape index (κ3) is 5.60. The Kier molecular flexibility index (Phi) is 6.14. The number of nitrogens with zero attached hydrogens (tertiary/aromatic N) is 1.